The lowest BCUT2D eigenvalue weighted by Crippen LogP contribution is -2.44. The minimum Gasteiger partial charge on any atom is -0.497 e. The number of nitrogens with one attached hydrogen (secondary N) is 2. The second kappa shape index (κ2) is 9.78. The normalized spacial score (nSPS) is 14.4. The molecule has 0 radical (unpaired) electrons. The van der Waals surface area contributed by atoms with Crippen LogP contribution in [0.25, 0.3) is 0 Å². The Bertz CT molecular complexity index is 769. The molecule has 28 heavy (non-hydrogen) atoms. The number of nitrogens with zero attached hydrogens (tertiary/aromatic N) is 1. The van der Waals surface area contributed by atoms with Gasteiger partial charge < -0.3 is 20.3 Å². The number of methoxy groups -OCH3 is 1. The molecule has 0 unspecified atom stereocenters. The average Bonchev–Trinajstić information content (AvgIpc) is 2.75. The van der Waals surface area contributed by atoms with Crippen LogP contribution in [0.1, 0.15) is 18.4 Å². The van der Waals surface area contributed by atoms with E-state index in [1.165, 1.54) is 0 Å². The predicted octanol–water partition coefficient (Wildman–Crippen LogP) is 3.30. The van der Waals surface area contributed by atoms with Crippen LogP contribution in [0.3, 0.4) is 0 Å². The molecule has 1 aliphatic rings. The molecule has 1 heterocycles. The van der Waals surface area contributed by atoms with Gasteiger partial charge in [-0.2, -0.15) is 0 Å². The van der Waals surface area contributed by atoms with E-state index in [1.54, 1.807) is 12.0 Å². The Morgan fingerprint density at radius 2 is 1.71 bits per heavy atom. The Hall–Kier alpha value is -3.02. The van der Waals surface area contributed by atoms with Gasteiger partial charge in [-0.1, -0.05) is 30.3 Å². The Kier molecular flexibility index (Phi) is 6.89. The summed E-state index contributed by atoms with van der Waals surface area (Å²) in [6.07, 6.45) is 2.17. The van der Waals surface area contributed by atoms with Crippen molar-refractivity contribution < 1.29 is 14.3 Å². The van der Waals surface area contributed by atoms with Gasteiger partial charge in [-0.15, -0.1) is 0 Å². The lowest BCUT2D eigenvalue weighted by molar-refractivity contribution is -0.126. The Morgan fingerprint density at radius 3 is 2.36 bits per heavy atom. The number of piperidine rings is 1. The maximum atomic E-state index is 12.4. The van der Waals surface area contributed by atoms with E-state index in [9.17, 15) is 9.59 Å². The molecule has 0 spiro atoms. The molecular weight excluding hydrogens is 354 g/mol. The minimum absolute atomic E-state index is 0.0309. The number of hydrogen-bond acceptors (Lipinski definition) is 3. The van der Waals surface area contributed by atoms with Crippen LogP contribution < -0.4 is 15.4 Å². The van der Waals surface area contributed by atoms with Crippen LogP contribution in [0.2, 0.25) is 0 Å². The Morgan fingerprint density at radius 1 is 1.04 bits per heavy atom. The summed E-state index contributed by atoms with van der Waals surface area (Å²) in [4.78, 5) is 26.5. The summed E-state index contributed by atoms with van der Waals surface area (Å²) in [6, 6.07) is 17.2. The van der Waals surface area contributed by atoms with Gasteiger partial charge in [0.1, 0.15) is 5.75 Å². The molecule has 0 aromatic heterocycles. The molecule has 0 atom stereocenters. The summed E-state index contributed by atoms with van der Waals surface area (Å²) in [7, 11) is 1.64. The first-order valence-electron chi connectivity index (χ1n) is 9.67. The van der Waals surface area contributed by atoms with Crippen molar-refractivity contribution in [2.75, 3.05) is 32.1 Å². The maximum Gasteiger partial charge on any atom is 0.321 e. The molecule has 2 N–H and O–H groups in total. The lowest BCUT2D eigenvalue weighted by atomic mass is 9.96. The SMILES string of the molecule is COc1ccc(CCNC(=O)C2CCN(C(=O)Nc3ccccc3)CC2)cc1. The second-order valence-corrected chi connectivity index (χ2v) is 6.95. The van der Waals surface area contributed by atoms with Crippen molar-refractivity contribution in [3.63, 3.8) is 0 Å². The summed E-state index contributed by atoms with van der Waals surface area (Å²) < 4.78 is 5.15. The number of anilines is 1. The third kappa shape index (κ3) is 5.49. The van der Waals surface area contributed by atoms with Gasteiger partial charge in [-0.25, -0.2) is 4.79 Å². The number of benzene rings is 2. The van der Waals surface area contributed by atoms with Crippen molar-refractivity contribution in [3.8, 4) is 5.75 Å². The molecule has 3 rings (SSSR count). The van der Waals surface area contributed by atoms with Gasteiger partial charge >= 0.3 is 6.03 Å². The third-order valence-corrected chi connectivity index (χ3v) is 5.05. The molecule has 1 fully saturated rings. The van der Waals surface area contributed by atoms with Crippen molar-refractivity contribution in [2.45, 2.75) is 19.3 Å². The van der Waals surface area contributed by atoms with E-state index in [0.29, 0.717) is 32.5 Å². The molecule has 148 valence electrons. The third-order valence-electron chi connectivity index (χ3n) is 5.05. The van der Waals surface area contributed by atoms with Crippen LogP contribution in [0.15, 0.2) is 54.6 Å². The number of ether oxygens (including phenoxy) is 1. The van der Waals surface area contributed by atoms with Crippen LogP contribution in [0.5, 0.6) is 5.75 Å². The molecule has 2 aromatic carbocycles. The molecule has 6 heteroatoms. The summed E-state index contributed by atoms with van der Waals surface area (Å²) in [6.45, 7) is 1.80. The highest BCUT2D eigenvalue weighted by molar-refractivity contribution is 5.89. The molecule has 3 amide bonds. The fourth-order valence-corrected chi connectivity index (χ4v) is 3.34. The molecule has 1 aliphatic heterocycles. The van der Waals surface area contributed by atoms with E-state index in [1.807, 2.05) is 54.6 Å². The maximum absolute atomic E-state index is 12.4. The number of likely N-dealkylation sites (tertiary alicyclic amines) is 1. The number of para-hydroxylation sites is 1. The van der Waals surface area contributed by atoms with Gasteiger partial charge in [-0.05, 0) is 49.1 Å². The van der Waals surface area contributed by atoms with Gasteiger partial charge in [0.05, 0.1) is 7.11 Å². The van der Waals surface area contributed by atoms with Crippen molar-refractivity contribution in [1.82, 2.24) is 10.2 Å². The molecule has 1 saturated heterocycles. The summed E-state index contributed by atoms with van der Waals surface area (Å²) in [5, 5.41) is 5.92. The quantitative estimate of drug-likeness (QED) is 0.807. The van der Waals surface area contributed by atoms with Crippen molar-refractivity contribution in [3.05, 3.63) is 60.2 Å². The standard InChI is InChI=1S/C22H27N3O3/c1-28-20-9-7-17(8-10-20)11-14-23-21(26)18-12-15-25(16-13-18)22(27)24-19-5-3-2-4-6-19/h2-10,18H,11-16H2,1H3,(H,23,26)(H,24,27). The zero-order valence-electron chi connectivity index (χ0n) is 16.2. The van der Waals surface area contributed by atoms with Gasteiger partial charge in [0.15, 0.2) is 0 Å². The molecule has 2 aromatic rings. The highest BCUT2D eigenvalue weighted by Crippen LogP contribution is 2.19. The lowest BCUT2D eigenvalue weighted by Gasteiger charge is -2.31. The molecule has 0 aliphatic carbocycles. The van der Waals surface area contributed by atoms with E-state index in [-0.39, 0.29) is 17.9 Å². The van der Waals surface area contributed by atoms with E-state index in [2.05, 4.69) is 10.6 Å². The molecule has 6 nitrogen and oxygen atoms in total. The average molecular weight is 381 g/mol. The highest BCUT2D eigenvalue weighted by atomic mass is 16.5. The van der Waals surface area contributed by atoms with Gasteiger partial charge in [0, 0.05) is 31.2 Å². The largest absolute Gasteiger partial charge is 0.497 e. The van der Waals surface area contributed by atoms with Crippen LogP contribution in [-0.4, -0.2) is 43.6 Å². The fraction of sp³-hybridized carbons (Fsp3) is 0.364. The van der Waals surface area contributed by atoms with Crippen LogP contribution in [-0.2, 0) is 11.2 Å². The zero-order chi connectivity index (χ0) is 19.8. The summed E-state index contributed by atoms with van der Waals surface area (Å²) in [5.74, 6) is 0.879. The fourth-order valence-electron chi connectivity index (χ4n) is 3.34. The van der Waals surface area contributed by atoms with Crippen LogP contribution in [0, 0.1) is 5.92 Å². The first kappa shape index (κ1) is 19.7. The first-order chi connectivity index (χ1) is 13.7. The zero-order valence-corrected chi connectivity index (χ0v) is 16.2. The van der Waals surface area contributed by atoms with Crippen molar-refractivity contribution in [2.24, 2.45) is 5.92 Å². The summed E-state index contributed by atoms with van der Waals surface area (Å²) >= 11 is 0. The second-order valence-electron chi connectivity index (χ2n) is 6.95. The van der Waals surface area contributed by atoms with E-state index >= 15 is 0 Å². The Balaban J connectivity index is 1.37. The number of urea groups is 1. The van der Waals surface area contributed by atoms with Crippen LogP contribution in [0.4, 0.5) is 10.5 Å². The molecular formula is C22H27N3O3. The van der Waals surface area contributed by atoms with Gasteiger partial charge in [0.25, 0.3) is 0 Å². The topological polar surface area (TPSA) is 70.7 Å². The number of carbonyl (C=O) groups excluding carboxylic acids is 2. The predicted molar refractivity (Wildman–Crippen MR) is 109 cm³/mol. The monoisotopic (exact) mass is 381 g/mol. The summed E-state index contributed by atoms with van der Waals surface area (Å²) in [5.41, 5.74) is 1.94. The van der Waals surface area contributed by atoms with E-state index in [0.717, 1.165) is 23.4 Å². The Labute approximate surface area is 165 Å². The highest BCUT2D eigenvalue weighted by Gasteiger charge is 2.27. The van der Waals surface area contributed by atoms with Crippen LogP contribution >= 0.6 is 0 Å². The number of amides is 3. The minimum atomic E-state index is -0.107. The van der Waals surface area contributed by atoms with Crippen molar-refractivity contribution in [1.29, 1.82) is 0 Å². The van der Waals surface area contributed by atoms with E-state index < -0.39 is 0 Å². The van der Waals surface area contributed by atoms with Gasteiger partial charge in [-0.3, -0.25) is 4.79 Å². The molecule has 0 bridgehead atoms. The number of carbonyl (C=O) groups is 2. The van der Waals surface area contributed by atoms with E-state index in [4.69, 9.17) is 4.74 Å². The first-order valence-corrected chi connectivity index (χ1v) is 9.67. The number of rotatable bonds is 6. The smallest absolute Gasteiger partial charge is 0.321 e. The van der Waals surface area contributed by atoms with Gasteiger partial charge in [0.2, 0.25) is 5.91 Å². The van der Waals surface area contributed by atoms with Crippen molar-refractivity contribution >= 4 is 17.6 Å². The number of hydrogen-bond donors (Lipinski definition) is 2. The molecule has 0 saturated carbocycles.